The van der Waals surface area contributed by atoms with Crippen molar-refractivity contribution in [1.82, 2.24) is 19.7 Å². The molecule has 0 radical (unpaired) electrons. The van der Waals surface area contributed by atoms with Crippen LogP contribution in [0.3, 0.4) is 0 Å². The molecule has 1 aromatic carbocycles. The molecule has 5 rings (SSSR count). The zero-order chi connectivity index (χ0) is 22.2. The Morgan fingerprint density at radius 2 is 2.19 bits per heavy atom. The van der Waals surface area contributed by atoms with Gasteiger partial charge < -0.3 is 4.42 Å². The number of thiophene rings is 1. The van der Waals surface area contributed by atoms with Gasteiger partial charge in [-0.15, -0.1) is 28.1 Å². The lowest BCUT2D eigenvalue weighted by atomic mass is 9.97. The van der Waals surface area contributed by atoms with Crippen LogP contribution in [0.1, 0.15) is 41.3 Å². The lowest BCUT2D eigenvalue weighted by Crippen LogP contribution is -2.23. The van der Waals surface area contributed by atoms with E-state index in [4.69, 9.17) is 21.0 Å². The second kappa shape index (κ2) is 8.84. The zero-order valence-electron chi connectivity index (χ0n) is 17.5. The Labute approximate surface area is 198 Å². The summed E-state index contributed by atoms with van der Waals surface area (Å²) in [4.78, 5) is 20.4. The number of hydrogen-bond acceptors (Lipinski definition) is 7. The zero-order valence-corrected chi connectivity index (χ0v) is 19.9. The highest BCUT2D eigenvalue weighted by Gasteiger charge is 2.24. The van der Waals surface area contributed by atoms with Crippen molar-refractivity contribution in [2.75, 3.05) is 0 Å². The number of aryl methyl sites for hydroxylation is 2. The maximum Gasteiger partial charge on any atom is 0.263 e. The first kappa shape index (κ1) is 21.4. The number of thioether (sulfide) groups is 1. The van der Waals surface area contributed by atoms with Crippen molar-refractivity contribution < 1.29 is 4.42 Å². The van der Waals surface area contributed by atoms with Crippen LogP contribution >= 0.6 is 34.7 Å². The minimum atomic E-state index is -0.189. The molecule has 0 fully saturated rings. The molecule has 0 spiro atoms. The summed E-state index contributed by atoms with van der Waals surface area (Å²) in [5, 5.41) is 10.2. The minimum absolute atomic E-state index is 0.00847. The summed E-state index contributed by atoms with van der Waals surface area (Å²) in [5.74, 6) is 0.878. The van der Waals surface area contributed by atoms with Crippen LogP contribution < -0.4 is 5.56 Å². The molecular weight excluding hydrogens is 464 g/mol. The Balaban J connectivity index is 1.50. The minimum Gasteiger partial charge on any atom is -0.419 e. The Bertz CT molecular complexity index is 1370. The fourth-order valence-corrected chi connectivity index (χ4v) is 6.39. The number of aromatic nitrogens is 4. The molecule has 0 aliphatic heterocycles. The Kier molecular flexibility index (Phi) is 5.92. The molecule has 0 amide bonds. The third kappa shape index (κ3) is 3.91. The van der Waals surface area contributed by atoms with Crippen LogP contribution in [0.4, 0.5) is 0 Å². The van der Waals surface area contributed by atoms with Gasteiger partial charge in [0.25, 0.3) is 5.56 Å². The lowest BCUT2D eigenvalue weighted by Gasteiger charge is -2.13. The van der Waals surface area contributed by atoms with Crippen molar-refractivity contribution in [3.8, 4) is 11.5 Å². The second-order valence-electron chi connectivity index (χ2n) is 7.71. The van der Waals surface area contributed by atoms with E-state index in [9.17, 15) is 4.79 Å². The number of hydrogen-bond donors (Lipinski definition) is 0. The van der Waals surface area contributed by atoms with Crippen LogP contribution in [0.5, 0.6) is 0 Å². The molecule has 0 saturated heterocycles. The van der Waals surface area contributed by atoms with Crippen molar-refractivity contribution in [1.29, 1.82) is 0 Å². The Morgan fingerprint density at radius 3 is 3.00 bits per heavy atom. The number of fused-ring (bicyclic) bond motifs is 3. The molecule has 0 N–H and O–H groups in total. The van der Waals surface area contributed by atoms with E-state index >= 15 is 0 Å². The fourth-order valence-electron chi connectivity index (χ4n) is 3.95. The lowest BCUT2D eigenvalue weighted by molar-refractivity contribution is 0.508. The van der Waals surface area contributed by atoms with E-state index in [1.165, 1.54) is 28.6 Å². The summed E-state index contributed by atoms with van der Waals surface area (Å²) in [5.41, 5.74) is 1.97. The van der Waals surface area contributed by atoms with E-state index in [0.29, 0.717) is 28.5 Å². The standard InChI is InChI=1S/C23H21ClN4O2S2/c1-3-11-28-22(29)18-16-9-4-5-10-17(16)32-21(18)25-23(28)31-13(2)19-26-27-20(30-19)14-7-6-8-15(24)12-14/h3,6-8,12-13H,1,4-5,9-11H2,2H3/t13-/m1/s1. The van der Waals surface area contributed by atoms with Gasteiger partial charge in [0.2, 0.25) is 11.8 Å². The van der Waals surface area contributed by atoms with Crippen LogP contribution in [0.25, 0.3) is 21.7 Å². The average Bonchev–Trinajstić information content (AvgIpc) is 3.41. The quantitative estimate of drug-likeness (QED) is 0.187. The van der Waals surface area contributed by atoms with E-state index in [-0.39, 0.29) is 10.8 Å². The fraction of sp³-hybridized carbons (Fsp3) is 0.304. The summed E-state index contributed by atoms with van der Waals surface area (Å²) < 4.78 is 7.61. The molecule has 1 aliphatic rings. The second-order valence-corrected chi connectivity index (χ2v) is 10.5. The van der Waals surface area contributed by atoms with Crippen LogP contribution in [-0.2, 0) is 19.4 Å². The van der Waals surface area contributed by atoms with Crippen LogP contribution in [0, 0.1) is 0 Å². The van der Waals surface area contributed by atoms with Crippen LogP contribution in [0.2, 0.25) is 5.02 Å². The first-order valence-corrected chi connectivity index (χ1v) is 12.5. The van der Waals surface area contributed by atoms with E-state index in [1.807, 2.05) is 19.1 Å². The van der Waals surface area contributed by atoms with E-state index in [1.54, 1.807) is 34.1 Å². The SMILES string of the molecule is C=CCn1c(S[C@H](C)c2nnc(-c3cccc(Cl)c3)o2)nc2sc3c(c2c1=O)CCCC3. The summed E-state index contributed by atoms with van der Waals surface area (Å²) in [6, 6.07) is 7.29. The summed E-state index contributed by atoms with van der Waals surface area (Å²) >= 11 is 9.17. The summed E-state index contributed by atoms with van der Waals surface area (Å²) in [6.07, 6.45) is 6.01. The molecule has 164 valence electrons. The van der Waals surface area contributed by atoms with E-state index in [0.717, 1.165) is 35.0 Å². The highest BCUT2D eigenvalue weighted by Crippen LogP contribution is 2.38. The maximum absolute atomic E-state index is 13.4. The molecule has 0 saturated carbocycles. The molecule has 4 aromatic rings. The van der Waals surface area contributed by atoms with Crippen molar-refractivity contribution in [3.63, 3.8) is 0 Å². The summed E-state index contributed by atoms with van der Waals surface area (Å²) in [6.45, 7) is 6.20. The van der Waals surface area contributed by atoms with Crippen molar-refractivity contribution in [2.45, 2.75) is 49.6 Å². The Morgan fingerprint density at radius 1 is 1.34 bits per heavy atom. The molecule has 0 unspecified atom stereocenters. The molecule has 1 aliphatic carbocycles. The van der Waals surface area contributed by atoms with Gasteiger partial charge in [-0.05, 0) is 56.4 Å². The monoisotopic (exact) mass is 484 g/mol. The van der Waals surface area contributed by atoms with E-state index in [2.05, 4.69) is 16.8 Å². The molecule has 9 heteroatoms. The van der Waals surface area contributed by atoms with E-state index < -0.39 is 0 Å². The van der Waals surface area contributed by atoms with Gasteiger partial charge in [0, 0.05) is 22.0 Å². The normalized spacial score (nSPS) is 14.4. The molecule has 1 atom stereocenters. The van der Waals surface area contributed by atoms with Gasteiger partial charge >= 0.3 is 0 Å². The number of rotatable bonds is 6. The van der Waals surface area contributed by atoms with Crippen molar-refractivity contribution in [2.24, 2.45) is 0 Å². The van der Waals surface area contributed by atoms with Gasteiger partial charge in [-0.2, -0.15) is 0 Å². The molecule has 3 aromatic heterocycles. The first-order chi connectivity index (χ1) is 15.5. The van der Waals surface area contributed by atoms with Gasteiger partial charge in [-0.3, -0.25) is 9.36 Å². The smallest absolute Gasteiger partial charge is 0.263 e. The van der Waals surface area contributed by atoms with Crippen LogP contribution in [-0.4, -0.2) is 19.7 Å². The molecular formula is C23H21ClN4O2S2. The van der Waals surface area contributed by atoms with Gasteiger partial charge in [0.1, 0.15) is 4.83 Å². The summed E-state index contributed by atoms with van der Waals surface area (Å²) in [7, 11) is 0. The van der Waals surface area contributed by atoms with Gasteiger partial charge in [-0.25, -0.2) is 4.98 Å². The predicted octanol–water partition coefficient (Wildman–Crippen LogP) is 6.08. The number of halogens is 1. The van der Waals surface area contributed by atoms with Gasteiger partial charge in [-0.1, -0.05) is 35.5 Å². The predicted molar refractivity (Wildman–Crippen MR) is 130 cm³/mol. The molecule has 6 nitrogen and oxygen atoms in total. The third-order valence-electron chi connectivity index (χ3n) is 5.49. The molecule has 3 heterocycles. The third-order valence-corrected chi connectivity index (χ3v) is 7.99. The maximum atomic E-state index is 13.4. The topological polar surface area (TPSA) is 73.8 Å². The van der Waals surface area contributed by atoms with Crippen molar-refractivity contribution >= 4 is 44.9 Å². The van der Waals surface area contributed by atoms with Gasteiger partial charge in [0.15, 0.2) is 5.16 Å². The largest absolute Gasteiger partial charge is 0.419 e. The highest BCUT2D eigenvalue weighted by atomic mass is 35.5. The number of nitrogens with zero attached hydrogens (tertiary/aromatic N) is 4. The highest BCUT2D eigenvalue weighted by molar-refractivity contribution is 7.99. The number of benzene rings is 1. The average molecular weight is 485 g/mol. The Hall–Kier alpha value is -2.42. The molecule has 0 bridgehead atoms. The number of allylic oxidation sites excluding steroid dienone is 1. The van der Waals surface area contributed by atoms with Gasteiger partial charge in [0.05, 0.1) is 10.6 Å². The van der Waals surface area contributed by atoms with Crippen LogP contribution in [0.15, 0.2) is 51.3 Å². The first-order valence-electron chi connectivity index (χ1n) is 10.5. The molecule has 32 heavy (non-hydrogen) atoms. The van der Waals surface area contributed by atoms with Crippen molar-refractivity contribution in [3.05, 3.63) is 68.6 Å².